The molecule has 3 aromatic rings. The van der Waals surface area contributed by atoms with Crippen molar-refractivity contribution in [1.29, 1.82) is 0 Å². The molecule has 1 aliphatic carbocycles. The molecule has 1 fully saturated rings. The smallest absolute Gasteiger partial charge is 0.163 e. The molecule has 1 saturated heterocycles. The highest BCUT2D eigenvalue weighted by atomic mass is 32.1. The third-order valence-electron chi connectivity index (χ3n) is 6.34. The van der Waals surface area contributed by atoms with Crippen molar-refractivity contribution < 1.29 is 14.2 Å². The van der Waals surface area contributed by atoms with Gasteiger partial charge in [0.2, 0.25) is 0 Å². The number of anilines is 2. The van der Waals surface area contributed by atoms with E-state index in [2.05, 4.69) is 10.2 Å². The zero-order valence-corrected chi connectivity index (χ0v) is 19.0. The Balaban J connectivity index is 1.38. The molecule has 1 aromatic carbocycles. The Morgan fingerprint density at radius 1 is 0.938 bits per heavy atom. The maximum Gasteiger partial charge on any atom is 0.163 e. The Hall–Kier alpha value is -2.42. The van der Waals surface area contributed by atoms with Crippen LogP contribution in [0.25, 0.3) is 10.2 Å². The number of nitrogens with one attached hydrogen (secondary N) is 1. The average Bonchev–Trinajstić information content (AvgIpc) is 3.03. The van der Waals surface area contributed by atoms with Crippen molar-refractivity contribution in [2.75, 3.05) is 44.8 Å². The second kappa shape index (κ2) is 8.84. The number of aromatic nitrogens is 2. The molecule has 1 N–H and O–H groups in total. The molecule has 8 heteroatoms. The molecule has 168 valence electrons. The summed E-state index contributed by atoms with van der Waals surface area (Å²) in [5.41, 5.74) is 2.40. The van der Waals surface area contributed by atoms with Crippen molar-refractivity contribution in [3.63, 3.8) is 0 Å². The summed E-state index contributed by atoms with van der Waals surface area (Å²) in [5.74, 6) is 3.38. The van der Waals surface area contributed by atoms with Gasteiger partial charge in [-0.3, -0.25) is 4.90 Å². The minimum absolute atomic E-state index is 0.677. The molecule has 0 spiro atoms. The van der Waals surface area contributed by atoms with E-state index in [0.717, 1.165) is 85.8 Å². The summed E-state index contributed by atoms with van der Waals surface area (Å²) in [7, 11) is 0. The van der Waals surface area contributed by atoms with Crippen LogP contribution in [0.1, 0.15) is 35.5 Å². The van der Waals surface area contributed by atoms with Crippen molar-refractivity contribution in [3.05, 3.63) is 34.5 Å². The van der Waals surface area contributed by atoms with Crippen LogP contribution in [0.5, 0.6) is 11.5 Å². The van der Waals surface area contributed by atoms with Gasteiger partial charge >= 0.3 is 0 Å². The van der Waals surface area contributed by atoms with E-state index in [1.165, 1.54) is 28.7 Å². The van der Waals surface area contributed by atoms with Crippen molar-refractivity contribution in [3.8, 4) is 11.5 Å². The Labute approximate surface area is 191 Å². The van der Waals surface area contributed by atoms with E-state index in [0.29, 0.717) is 13.2 Å². The van der Waals surface area contributed by atoms with E-state index in [1.807, 2.05) is 29.5 Å². The van der Waals surface area contributed by atoms with Gasteiger partial charge in [-0.05, 0) is 43.4 Å². The van der Waals surface area contributed by atoms with Gasteiger partial charge in [-0.15, -0.1) is 11.3 Å². The molecule has 0 unspecified atom stereocenters. The van der Waals surface area contributed by atoms with E-state index in [-0.39, 0.29) is 0 Å². The fourth-order valence-electron chi connectivity index (χ4n) is 4.70. The first-order valence-corrected chi connectivity index (χ1v) is 12.4. The zero-order chi connectivity index (χ0) is 21.3. The summed E-state index contributed by atoms with van der Waals surface area (Å²) >= 11 is 1.85. The van der Waals surface area contributed by atoms with E-state index in [4.69, 9.17) is 24.2 Å². The number of rotatable bonds is 4. The molecule has 0 bridgehead atoms. The lowest BCUT2D eigenvalue weighted by Gasteiger charge is -2.25. The first kappa shape index (κ1) is 20.2. The number of fused-ring (bicyclic) bond motifs is 4. The van der Waals surface area contributed by atoms with Crippen molar-refractivity contribution in [1.82, 2.24) is 14.9 Å². The number of hydrogen-bond acceptors (Lipinski definition) is 8. The summed E-state index contributed by atoms with van der Waals surface area (Å²) in [5, 5.41) is 4.80. The van der Waals surface area contributed by atoms with Crippen LogP contribution in [-0.2, 0) is 24.1 Å². The van der Waals surface area contributed by atoms with E-state index < -0.39 is 0 Å². The fourth-order valence-corrected chi connectivity index (χ4v) is 5.98. The van der Waals surface area contributed by atoms with Crippen LogP contribution < -0.4 is 14.8 Å². The van der Waals surface area contributed by atoms with Crippen LogP contribution in [0.2, 0.25) is 0 Å². The molecule has 0 amide bonds. The SMILES string of the molecule is c1cc2c(cc1Nc1nc(CN3CCOCC3)nc3sc4c(c13)CCCC4)OCCCO2. The van der Waals surface area contributed by atoms with E-state index in [9.17, 15) is 0 Å². The summed E-state index contributed by atoms with van der Waals surface area (Å²) in [6.07, 6.45) is 5.66. The zero-order valence-electron chi connectivity index (χ0n) is 18.2. The number of ether oxygens (including phenoxy) is 3. The van der Waals surface area contributed by atoms with Crippen LogP contribution in [0.15, 0.2) is 18.2 Å². The molecule has 0 radical (unpaired) electrons. The Morgan fingerprint density at radius 2 is 1.78 bits per heavy atom. The fraction of sp³-hybridized carbons (Fsp3) is 0.500. The number of hydrogen-bond donors (Lipinski definition) is 1. The first-order chi connectivity index (χ1) is 15.8. The summed E-state index contributed by atoms with van der Waals surface area (Å²) in [6.45, 7) is 5.52. The van der Waals surface area contributed by atoms with Gasteiger partial charge in [-0.25, -0.2) is 9.97 Å². The quantitative estimate of drug-likeness (QED) is 0.633. The predicted octanol–water partition coefficient (Wildman–Crippen LogP) is 4.31. The molecule has 0 saturated carbocycles. The van der Waals surface area contributed by atoms with Crippen LogP contribution in [-0.4, -0.2) is 54.4 Å². The van der Waals surface area contributed by atoms with Gasteiger partial charge in [0.1, 0.15) is 16.5 Å². The van der Waals surface area contributed by atoms with Crippen molar-refractivity contribution in [2.45, 2.75) is 38.6 Å². The Bertz CT molecular complexity index is 1130. The van der Waals surface area contributed by atoms with Gasteiger partial charge in [0.25, 0.3) is 0 Å². The molecule has 32 heavy (non-hydrogen) atoms. The maximum atomic E-state index is 5.90. The lowest BCUT2D eigenvalue weighted by atomic mass is 9.97. The van der Waals surface area contributed by atoms with Gasteiger partial charge < -0.3 is 19.5 Å². The lowest BCUT2D eigenvalue weighted by Crippen LogP contribution is -2.36. The van der Waals surface area contributed by atoms with Gasteiger partial charge in [0.05, 0.1) is 38.4 Å². The third kappa shape index (κ3) is 4.02. The standard InChI is InChI=1S/C24H28N4O3S/c1-2-5-20-17(4-1)22-23(25-16-6-7-18-19(14-16)31-11-3-10-30-18)26-21(27-24(22)32-20)15-28-8-12-29-13-9-28/h6-7,14H,1-5,8-13,15H2,(H,25,26,27). The van der Waals surface area contributed by atoms with Crippen molar-refractivity contribution >= 4 is 33.1 Å². The Kier molecular flexibility index (Phi) is 5.58. The van der Waals surface area contributed by atoms with Gasteiger partial charge in [-0.1, -0.05) is 0 Å². The molecule has 2 aliphatic heterocycles. The molecule has 0 atom stereocenters. The minimum Gasteiger partial charge on any atom is -0.490 e. The molecule has 3 aliphatic rings. The third-order valence-corrected chi connectivity index (χ3v) is 7.53. The largest absolute Gasteiger partial charge is 0.490 e. The van der Waals surface area contributed by atoms with Crippen LogP contribution in [0.4, 0.5) is 11.5 Å². The Morgan fingerprint density at radius 3 is 2.69 bits per heavy atom. The molecular formula is C24H28N4O3S. The number of nitrogens with zero attached hydrogens (tertiary/aromatic N) is 3. The molecule has 6 rings (SSSR count). The average molecular weight is 453 g/mol. The normalized spacial score (nSPS) is 18.9. The molecular weight excluding hydrogens is 424 g/mol. The summed E-state index contributed by atoms with van der Waals surface area (Å²) in [6, 6.07) is 6.05. The van der Waals surface area contributed by atoms with E-state index in [1.54, 1.807) is 0 Å². The van der Waals surface area contributed by atoms with Crippen molar-refractivity contribution in [2.24, 2.45) is 0 Å². The highest BCUT2D eigenvalue weighted by Gasteiger charge is 2.23. The second-order valence-corrected chi connectivity index (χ2v) is 9.69. The van der Waals surface area contributed by atoms with Gasteiger partial charge in [0.15, 0.2) is 11.5 Å². The summed E-state index contributed by atoms with van der Waals surface area (Å²) < 4.78 is 17.2. The highest BCUT2D eigenvalue weighted by molar-refractivity contribution is 7.19. The van der Waals surface area contributed by atoms with E-state index >= 15 is 0 Å². The topological polar surface area (TPSA) is 68.7 Å². The van der Waals surface area contributed by atoms with Gasteiger partial charge in [-0.2, -0.15) is 0 Å². The van der Waals surface area contributed by atoms with Gasteiger partial charge in [0, 0.05) is 36.1 Å². The maximum absolute atomic E-state index is 5.90. The van der Waals surface area contributed by atoms with Crippen LogP contribution >= 0.6 is 11.3 Å². The molecule has 4 heterocycles. The lowest BCUT2D eigenvalue weighted by molar-refractivity contribution is 0.0331. The highest BCUT2D eigenvalue weighted by Crippen LogP contribution is 2.40. The van der Waals surface area contributed by atoms with Crippen LogP contribution in [0.3, 0.4) is 0 Å². The first-order valence-electron chi connectivity index (χ1n) is 11.6. The summed E-state index contributed by atoms with van der Waals surface area (Å²) in [4.78, 5) is 15.0. The number of morpholine rings is 1. The second-order valence-electron chi connectivity index (χ2n) is 8.61. The monoisotopic (exact) mass is 452 g/mol. The molecule has 7 nitrogen and oxygen atoms in total. The minimum atomic E-state index is 0.677. The number of benzene rings is 1. The predicted molar refractivity (Wildman–Crippen MR) is 125 cm³/mol. The van der Waals surface area contributed by atoms with Crippen LogP contribution in [0, 0.1) is 0 Å². The number of aryl methyl sites for hydroxylation is 2. The molecule has 2 aromatic heterocycles. The number of thiophene rings is 1.